The Kier molecular flexibility index (Phi) is 7.65. The van der Waals surface area contributed by atoms with E-state index in [1.807, 2.05) is 97.9 Å². The quantitative estimate of drug-likeness (QED) is 0.197. The number of carbonyl (C=O) groups is 1. The molecular formula is C31H29N3O3S. The van der Waals surface area contributed by atoms with Crippen LogP contribution in [-0.2, 0) is 4.79 Å². The lowest BCUT2D eigenvalue weighted by atomic mass is 10.0. The third kappa shape index (κ3) is 5.38. The van der Waals surface area contributed by atoms with Crippen molar-refractivity contribution in [1.82, 2.24) is 9.97 Å². The maximum atomic E-state index is 13.4. The number of hydrogen-bond donors (Lipinski definition) is 2. The number of thioether (sulfide) groups is 1. The Bertz CT molecular complexity index is 1480. The molecule has 0 aliphatic heterocycles. The first-order valence-corrected chi connectivity index (χ1v) is 13.3. The molecule has 2 N–H and O–H groups in total. The van der Waals surface area contributed by atoms with Crippen LogP contribution in [0.4, 0.5) is 5.69 Å². The fourth-order valence-electron chi connectivity index (χ4n) is 4.34. The van der Waals surface area contributed by atoms with Crippen molar-refractivity contribution in [2.45, 2.75) is 23.8 Å². The standard InChI is InChI=1S/C31H29N3O3S/c1-4-27(30(35)32-26-11-7-9-20-8-5-6-10-25(20)26)38-31-33-28(21-12-16-23(36-2)17-13-21)29(34-31)22-14-18-24(37-3)19-15-22/h5-19,27H,4H2,1-3H3,(H,32,35)(H,33,34). The van der Waals surface area contributed by atoms with Gasteiger partial charge in [-0.25, -0.2) is 4.98 Å². The summed E-state index contributed by atoms with van der Waals surface area (Å²) in [5.41, 5.74) is 4.43. The smallest absolute Gasteiger partial charge is 0.237 e. The van der Waals surface area contributed by atoms with E-state index in [2.05, 4.69) is 10.3 Å². The summed E-state index contributed by atoms with van der Waals surface area (Å²) in [6, 6.07) is 29.6. The van der Waals surface area contributed by atoms with Gasteiger partial charge >= 0.3 is 0 Å². The number of aromatic nitrogens is 2. The molecule has 6 nitrogen and oxygen atoms in total. The zero-order chi connectivity index (χ0) is 26.5. The summed E-state index contributed by atoms with van der Waals surface area (Å²) >= 11 is 1.43. The van der Waals surface area contributed by atoms with Crippen LogP contribution in [0.25, 0.3) is 33.3 Å². The van der Waals surface area contributed by atoms with E-state index in [0.29, 0.717) is 11.6 Å². The topological polar surface area (TPSA) is 76.2 Å². The highest BCUT2D eigenvalue weighted by Gasteiger charge is 2.23. The molecule has 1 aromatic heterocycles. The zero-order valence-corrected chi connectivity index (χ0v) is 22.3. The van der Waals surface area contributed by atoms with Crippen LogP contribution in [-0.4, -0.2) is 35.3 Å². The molecule has 0 aliphatic rings. The first-order valence-electron chi connectivity index (χ1n) is 12.4. The SMILES string of the molecule is CCC(Sc1nc(-c2ccc(OC)cc2)c(-c2ccc(OC)cc2)[nH]1)C(=O)Nc1cccc2ccccc12. The molecule has 0 fully saturated rings. The van der Waals surface area contributed by atoms with E-state index in [9.17, 15) is 4.79 Å². The van der Waals surface area contributed by atoms with Gasteiger partial charge in [-0.2, -0.15) is 0 Å². The van der Waals surface area contributed by atoms with Gasteiger partial charge in [0, 0.05) is 22.2 Å². The Morgan fingerprint density at radius 1 is 0.868 bits per heavy atom. The lowest BCUT2D eigenvalue weighted by Gasteiger charge is -2.14. The molecule has 0 saturated heterocycles. The molecule has 1 unspecified atom stereocenters. The van der Waals surface area contributed by atoms with E-state index in [-0.39, 0.29) is 11.2 Å². The number of carbonyl (C=O) groups excluding carboxylic acids is 1. The highest BCUT2D eigenvalue weighted by molar-refractivity contribution is 8.00. The summed E-state index contributed by atoms with van der Waals surface area (Å²) in [5, 5.41) is 5.60. The van der Waals surface area contributed by atoms with Gasteiger partial charge in [0.2, 0.25) is 5.91 Å². The van der Waals surface area contributed by atoms with Gasteiger partial charge in [0.05, 0.1) is 30.9 Å². The van der Waals surface area contributed by atoms with Gasteiger partial charge in [-0.05, 0) is 66.4 Å². The Hall–Kier alpha value is -4.23. The monoisotopic (exact) mass is 523 g/mol. The minimum Gasteiger partial charge on any atom is -0.497 e. The number of aromatic amines is 1. The number of benzene rings is 4. The second-order valence-corrected chi connectivity index (χ2v) is 9.94. The maximum absolute atomic E-state index is 13.4. The fraction of sp³-hybridized carbons (Fsp3) is 0.161. The Morgan fingerprint density at radius 3 is 2.16 bits per heavy atom. The van der Waals surface area contributed by atoms with Crippen molar-refractivity contribution in [3.8, 4) is 34.0 Å². The minimum absolute atomic E-state index is 0.0535. The molecule has 7 heteroatoms. The summed E-state index contributed by atoms with van der Waals surface area (Å²) in [6.07, 6.45) is 0.651. The molecule has 0 spiro atoms. The largest absolute Gasteiger partial charge is 0.497 e. The molecular weight excluding hydrogens is 494 g/mol. The van der Waals surface area contributed by atoms with E-state index >= 15 is 0 Å². The van der Waals surface area contributed by atoms with Crippen molar-refractivity contribution < 1.29 is 14.3 Å². The predicted molar refractivity (Wildman–Crippen MR) is 155 cm³/mol. The molecule has 0 aliphatic carbocycles. The van der Waals surface area contributed by atoms with Crippen LogP contribution >= 0.6 is 11.8 Å². The molecule has 5 aromatic rings. The molecule has 1 heterocycles. The van der Waals surface area contributed by atoms with E-state index in [0.717, 1.165) is 50.5 Å². The summed E-state index contributed by atoms with van der Waals surface area (Å²) < 4.78 is 10.7. The number of imidazole rings is 1. The maximum Gasteiger partial charge on any atom is 0.237 e. The highest BCUT2D eigenvalue weighted by Crippen LogP contribution is 2.36. The van der Waals surface area contributed by atoms with Crippen LogP contribution in [0.5, 0.6) is 11.5 Å². The average molecular weight is 524 g/mol. The number of fused-ring (bicyclic) bond motifs is 1. The number of nitrogens with one attached hydrogen (secondary N) is 2. The predicted octanol–water partition coefficient (Wildman–Crippen LogP) is 7.42. The van der Waals surface area contributed by atoms with Crippen molar-refractivity contribution in [2.75, 3.05) is 19.5 Å². The number of H-pyrrole nitrogens is 1. The van der Waals surface area contributed by atoms with Crippen LogP contribution in [0, 0.1) is 0 Å². The number of nitrogens with zero attached hydrogens (tertiary/aromatic N) is 1. The van der Waals surface area contributed by atoms with E-state index in [1.54, 1.807) is 14.2 Å². The second-order valence-electron chi connectivity index (χ2n) is 8.75. The molecule has 1 atom stereocenters. The zero-order valence-electron chi connectivity index (χ0n) is 21.5. The van der Waals surface area contributed by atoms with Crippen molar-refractivity contribution in [2.24, 2.45) is 0 Å². The number of methoxy groups -OCH3 is 2. The van der Waals surface area contributed by atoms with E-state index < -0.39 is 0 Å². The molecule has 5 rings (SSSR count). The fourth-order valence-corrected chi connectivity index (χ4v) is 5.24. The number of hydrogen-bond acceptors (Lipinski definition) is 5. The molecule has 192 valence electrons. The third-order valence-electron chi connectivity index (χ3n) is 6.39. The summed E-state index contributed by atoms with van der Waals surface area (Å²) in [4.78, 5) is 21.8. The Balaban J connectivity index is 1.45. The number of ether oxygens (including phenoxy) is 2. The molecule has 1 amide bonds. The third-order valence-corrected chi connectivity index (χ3v) is 7.64. The lowest BCUT2D eigenvalue weighted by Crippen LogP contribution is -2.24. The Morgan fingerprint density at radius 2 is 1.50 bits per heavy atom. The first-order chi connectivity index (χ1) is 18.6. The second kappa shape index (κ2) is 11.4. The number of anilines is 1. The highest BCUT2D eigenvalue weighted by atomic mass is 32.2. The lowest BCUT2D eigenvalue weighted by molar-refractivity contribution is -0.115. The van der Waals surface area contributed by atoms with Crippen molar-refractivity contribution >= 4 is 34.1 Å². The molecule has 0 saturated carbocycles. The molecule has 4 aromatic carbocycles. The first kappa shape index (κ1) is 25.4. The number of amides is 1. The molecule has 38 heavy (non-hydrogen) atoms. The van der Waals surface area contributed by atoms with Gasteiger partial charge in [0.1, 0.15) is 11.5 Å². The summed E-state index contributed by atoms with van der Waals surface area (Å²) in [6.45, 7) is 2.01. The summed E-state index contributed by atoms with van der Waals surface area (Å²) in [7, 11) is 3.30. The van der Waals surface area contributed by atoms with Gasteiger partial charge in [0.25, 0.3) is 0 Å². The van der Waals surface area contributed by atoms with Gasteiger partial charge in [-0.1, -0.05) is 55.1 Å². The van der Waals surface area contributed by atoms with Gasteiger partial charge in [-0.15, -0.1) is 0 Å². The van der Waals surface area contributed by atoms with Crippen molar-refractivity contribution in [3.63, 3.8) is 0 Å². The van der Waals surface area contributed by atoms with Crippen LogP contribution in [0.15, 0.2) is 96.2 Å². The normalized spacial score (nSPS) is 11.8. The van der Waals surface area contributed by atoms with Crippen LogP contribution in [0.3, 0.4) is 0 Å². The van der Waals surface area contributed by atoms with E-state index in [4.69, 9.17) is 14.5 Å². The summed E-state index contributed by atoms with van der Waals surface area (Å²) in [5.74, 6) is 1.51. The average Bonchev–Trinajstić information content (AvgIpc) is 3.40. The van der Waals surface area contributed by atoms with Gasteiger partial charge in [0.15, 0.2) is 5.16 Å². The minimum atomic E-state index is -0.326. The van der Waals surface area contributed by atoms with Crippen LogP contribution in [0.2, 0.25) is 0 Å². The van der Waals surface area contributed by atoms with Gasteiger partial charge < -0.3 is 19.8 Å². The number of rotatable bonds is 9. The van der Waals surface area contributed by atoms with Crippen LogP contribution < -0.4 is 14.8 Å². The molecule has 0 bridgehead atoms. The van der Waals surface area contributed by atoms with Gasteiger partial charge in [-0.3, -0.25) is 4.79 Å². The van der Waals surface area contributed by atoms with Crippen molar-refractivity contribution in [3.05, 3.63) is 91.0 Å². The Labute approximate surface area is 226 Å². The van der Waals surface area contributed by atoms with E-state index in [1.165, 1.54) is 11.8 Å². The van der Waals surface area contributed by atoms with Crippen molar-refractivity contribution in [1.29, 1.82) is 0 Å². The molecule has 0 radical (unpaired) electrons. The van der Waals surface area contributed by atoms with Crippen LogP contribution in [0.1, 0.15) is 13.3 Å².